The summed E-state index contributed by atoms with van der Waals surface area (Å²) < 4.78 is 27.0. The highest BCUT2D eigenvalue weighted by molar-refractivity contribution is 7.91. The van der Waals surface area contributed by atoms with Gasteiger partial charge in [0.25, 0.3) is 10.0 Å². The standard InChI is InChI=1S/C15H24N2O3S2/c1-3-13(4-2)15(18)16-8-6-9-17(11-10-16)22(19,20)14-7-5-12-21-14/h5,7,12-13H,3-4,6,8-11H2,1-2H3. The maximum absolute atomic E-state index is 12.6. The molecule has 0 unspecified atom stereocenters. The Labute approximate surface area is 137 Å². The molecule has 0 saturated carbocycles. The van der Waals surface area contributed by atoms with Crippen molar-refractivity contribution in [1.82, 2.24) is 9.21 Å². The van der Waals surface area contributed by atoms with Crippen LogP contribution in [-0.4, -0.2) is 49.7 Å². The first-order valence-corrected chi connectivity index (χ1v) is 10.1. The van der Waals surface area contributed by atoms with Gasteiger partial charge in [-0.25, -0.2) is 8.42 Å². The van der Waals surface area contributed by atoms with Gasteiger partial charge in [0, 0.05) is 32.1 Å². The average molecular weight is 345 g/mol. The van der Waals surface area contributed by atoms with Crippen LogP contribution in [0.2, 0.25) is 0 Å². The first-order valence-electron chi connectivity index (χ1n) is 7.83. The zero-order valence-corrected chi connectivity index (χ0v) is 14.8. The van der Waals surface area contributed by atoms with Gasteiger partial charge in [-0.2, -0.15) is 4.31 Å². The molecule has 1 amide bonds. The highest BCUT2D eigenvalue weighted by atomic mass is 32.2. The summed E-state index contributed by atoms with van der Waals surface area (Å²) >= 11 is 1.24. The molecule has 2 heterocycles. The van der Waals surface area contributed by atoms with Crippen LogP contribution in [0, 0.1) is 5.92 Å². The summed E-state index contributed by atoms with van der Waals surface area (Å²) in [7, 11) is -3.41. The quantitative estimate of drug-likeness (QED) is 0.824. The summed E-state index contributed by atoms with van der Waals surface area (Å²) in [5.41, 5.74) is 0. The molecule has 0 spiro atoms. The Morgan fingerprint density at radius 1 is 1.23 bits per heavy atom. The van der Waals surface area contributed by atoms with Crippen LogP contribution in [0.4, 0.5) is 0 Å². The van der Waals surface area contributed by atoms with Crippen LogP contribution in [0.3, 0.4) is 0 Å². The van der Waals surface area contributed by atoms with E-state index in [2.05, 4.69) is 0 Å². The van der Waals surface area contributed by atoms with Crippen molar-refractivity contribution < 1.29 is 13.2 Å². The van der Waals surface area contributed by atoms with E-state index in [0.29, 0.717) is 36.8 Å². The van der Waals surface area contributed by atoms with E-state index in [4.69, 9.17) is 0 Å². The number of amides is 1. The Hall–Kier alpha value is -0.920. The maximum Gasteiger partial charge on any atom is 0.252 e. The molecule has 0 aliphatic carbocycles. The summed E-state index contributed by atoms with van der Waals surface area (Å²) in [4.78, 5) is 14.3. The minimum atomic E-state index is -3.41. The molecule has 124 valence electrons. The van der Waals surface area contributed by atoms with Crippen LogP contribution >= 0.6 is 11.3 Å². The highest BCUT2D eigenvalue weighted by Gasteiger charge is 2.30. The molecule has 5 nitrogen and oxygen atoms in total. The smallest absolute Gasteiger partial charge is 0.252 e. The van der Waals surface area contributed by atoms with E-state index in [-0.39, 0.29) is 11.8 Å². The lowest BCUT2D eigenvalue weighted by atomic mass is 10.0. The van der Waals surface area contributed by atoms with Crippen LogP contribution in [0.15, 0.2) is 21.7 Å². The number of sulfonamides is 1. The third-order valence-corrected chi connectivity index (χ3v) is 7.46. The fourth-order valence-corrected chi connectivity index (χ4v) is 5.40. The molecule has 1 aromatic rings. The minimum absolute atomic E-state index is 0.0560. The first-order chi connectivity index (χ1) is 10.5. The molecule has 0 N–H and O–H groups in total. The molecule has 1 aliphatic heterocycles. The van der Waals surface area contributed by atoms with E-state index in [0.717, 1.165) is 12.8 Å². The number of hydrogen-bond acceptors (Lipinski definition) is 4. The van der Waals surface area contributed by atoms with Crippen LogP contribution < -0.4 is 0 Å². The van der Waals surface area contributed by atoms with Crippen LogP contribution in [0.25, 0.3) is 0 Å². The third kappa shape index (κ3) is 3.70. The molecule has 0 radical (unpaired) electrons. The molecule has 1 saturated heterocycles. The van der Waals surface area contributed by atoms with E-state index < -0.39 is 10.0 Å². The Balaban J connectivity index is 2.06. The van der Waals surface area contributed by atoms with Crippen molar-refractivity contribution in [2.45, 2.75) is 37.3 Å². The van der Waals surface area contributed by atoms with Crippen LogP contribution in [0.1, 0.15) is 33.1 Å². The number of rotatable bonds is 5. The van der Waals surface area contributed by atoms with Crippen molar-refractivity contribution in [1.29, 1.82) is 0 Å². The Bertz CT molecular complexity index is 580. The number of nitrogens with zero attached hydrogens (tertiary/aromatic N) is 2. The van der Waals surface area contributed by atoms with Gasteiger partial charge in [-0.05, 0) is 30.7 Å². The van der Waals surface area contributed by atoms with Crippen LogP contribution in [-0.2, 0) is 14.8 Å². The number of hydrogen-bond donors (Lipinski definition) is 0. The fraction of sp³-hybridized carbons (Fsp3) is 0.667. The summed E-state index contributed by atoms with van der Waals surface area (Å²) in [6.45, 7) is 6.04. The summed E-state index contributed by atoms with van der Waals surface area (Å²) in [6.07, 6.45) is 2.36. The van der Waals surface area contributed by atoms with Gasteiger partial charge in [0.2, 0.25) is 5.91 Å². The van der Waals surface area contributed by atoms with Gasteiger partial charge in [0.15, 0.2) is 0 Å². The molecule has 2 rings (SSSR count). The van der Waals surface area contributed by atoms with Crippen molar-refractivity contribution in [3.8, 4) is 0 Å². The number of thiophene rings is 1. The largest absolute Gasteiger partial charge is 0.341 e. The zero-order valence-electron chi connectivity index (χ0n) is 13.2. The van der Waals surface area contributed by atoms with Crippen LogP contribution in [0.5, 0.6) is 0 Å². The average Bonchev–Trinajstić information content (AvgIpc) is 2.93. The van der Waals surface area contributed by atoms with E-state index in [1.165, 1.54) is 15.6 Å². The molecular weight excluding hydrogens is 320 g/mol. The SMILES string of the molecule is CCC(CC)C(=O)N1CCCN(S(=O)(=O)c2cccs2)CC1. The highest BCUT2D eigenvalue weighted by Crippen LogP contribution is 2.22. The fourth-order valence-electron chi connectivity index (χ4n) is 2.79. The molecule has 0 bridgehead atoms. The van der Waals surface area contributed by atoms with E-state index in [1.54, 1.807) is 17.5 Å². The molecule has 22 heavy (non-hydrogen) atoms. The Morgan fingerprint density at radius 2 is 1.95 bits per heavy atom. The molecular formula is C15H24N2O3S2. The normalized spacial score (nSPS) is 17.7. The summed E-state index contributed by atoms with van der Waals surface area (Å²) in [6, 6.07) is 3.39. The molecule has 7 heteroatoms. The monoisotopic (exact) mass is 344 g/mol. The Kier molecular flexibility index (Phi) is 6.00. The van der Waals surface area contributed by atoms with E-state index in [1.807, 2.05) is 18.7 Å². The maximum atomic E-state index is 12.6. The summed E-state index contributed by atoms with van der Waals surface area (Å²) in [5.74, 6) is 0.223. The summed E-state index contributed by atoms with van der Waals surface area (Å²) in [5, 5.41) is 1.77. The number of carbonyl (C=O) groups excluding carboxylic acids is 1. The third-order valence-electron chi connectivity index (χ3n) is 4.19. The van der Waals surface area contributed by atoms with Gasteiger partial charge in [-0.1, -0.05) is 19.9 Å². The second-order valence-electron chi connectivity index (χ2n) is 5.53. The van der Waals surface area contributed by atoms with Gasteiger partial charge in [-0.15, -0.1) is 11.3 Å². The van der Waals surface area contributed by atoms with Crippen molar-refractivity contribution in [2.24, 2.45) is 5.92 Å². The van der Waals surface area contributed by atoms with E-state index in [9.17, 15) is 13.2 Å². The minimum Gasteiger partial charge on any atom is -0.341 e. The second kappa shape index (κ2) is 7.57. The van der Waals surface area contributed by atoms with E-state index >= 15 is 0 Å². The van der Waals surface area contributed by atoms with Crippen molar-refractivity contribution in [2.75, 3.05) is 26.2 Å². The molecule has 1 fully saturated rings. The molecule has 0 atom stereocenters. The number of carbonyl (C=O) groups is 1. The zero-order chi connectivity index (χ0) is 16.2. The first kappa shape index (κ1) is 17.4. The predicted molar refractivity (Wildman–Crippen MR) is 88.3 cm³/mol. The molecule has 0 aromatic carbocycles. The Morgan fingerprint density at radius 3 is 2.55 bits per heavy atom. The lowest BCUT2D eigenvalue weighted by Crippen LogP contribution is -2.39. The second-order valence-corrected chi connectivity index (χ2v) is 8.64. The molecule has 1 aliphatic rings. The molecule has 1 aromatic heterocycles. The van der Waals surface area contributed by atoms with Gasteiger partial charge < -0.3 is 4.90 Å². The topological polar surface area (TPSA) is 57.7 Å². The van der Waals surface area contributed by atoms with Crippen molar-refractivity contribution in [3.05, 3.63) is 17.5 Å². The van der Waals surface area contributed by atoms with Gasteiger partial charge in [-0.3, -0.25) is 4.79 Å². The van der Waals surface area contributed by atoms with Crippen molar-refractivity contribution in [3.63, 3.8) is 0 Å². The van der Waals surface area contributed by atoms with Gasteiger partial charge in [0.05, 0.1) is 0 Å². The van der Waals surface area contributed by atoms with Crippen molar-refractivity contribution >= 4 is 27.3 Å². The van der Waals surface area contributed by atoms with Gasteiger partial charge in [0.1, 0.15) is 4.21 Å². The van der Waals surface area contributed by atoms with Gasteiger partial charge >= 0.3 is 0 Å². The lowest BCUT2D eigenvalue weighted by molar-refractivity contribution is -0.135. The predicted octanol–water partition coefficient (Wildman–Crippen LogP) is 2.41. The lowest BCUT2D eigenvalue weighted by Gasteiger charge is -2.25.